The van der Waals surface area contributed by atoms with Crippen molar-refractivity contribution >= 4 is 5.91 Å². The molecular formula is C10H20N2O. The fraction of sp³-hybridized carbons (Fsp3) is 0.900. The van der Waals surface area contributed by atoms with Crippen LogP contribution in [0.4, 0.5) is 0 Å². The quantitative estimate of drug-likeness (QED) is 0.661. The highest BCUT2D eigenvalue weighted by molar-refractivity contribution is 5.76. The number of hydrogen-bond acceptors (Lipinski definition) is 2. The van der Waals surface area contributed by atoms with E-state index < -0.39 is 0 Å². The van der Waals surface area contributed by atoms with E-state index in [2.05, 4.69) is 5.32 Å². The van der Waals surface area contributed by atoms with Crippen molar-refractivity contribution < 1.29 is 4.79 Å². The molecule has 3 nitrogen and oxygen atoms in total. The second-order valence-electron chi connectivity index (χ2n) is 3.65. The van der Waals surface area contributed by atoms with Crippen LogP contribution < -0.4 is 5.32 Å². The van der Waals surface area contributed by atoms with Crippen molar-refractivity contribution in [2.45, 2.75) is 32.1 Å². The maximum atomic E-state index is 11.6. The van der Waals surface area contributed by atoms with E-state index in [4.69, 9.17) is 0 Å². The van der Waals surface area contributed by atoms with Gasteiger partial charge in [0.05, 0.1) is 0 Å². The maximum Gasteiger partial charge on any atom is 0.222 e. The van der Waals surface area contributed by atoms with E-state index in [0.717, 1.165) is 26.1 Å². The van der Waals surface area contributed by atoms with Gasteiger partial charge in [-0.15, -0.1) is 0 Å². The minimum Gasteiger partial charge on any atom is -0.343 e. The Labute approximate surface area is 80.5 Å². The molecule has 1 aliphatic rings. The summed E-state index contributed by atoms with van der Waals surface area (Å²) >= 11 is 0. The lowest BCUT2D eigenvalue weighted by atomic mass is 10.1. The molecule has 13 heavy (non-hydrogen) atoms. The molecule has 1 amide bonds. The second-order valence-corrected chi connectivity index (χ2v) is 3.65. The first-order chi connectivity index (χ1) is 6.34. The highest BCUT2D eigenvalue weighted by atomic mass is 16.2. The van der Waals surface area contributed by atoms with Gasteiger partial charge in [0.2, 0.25) is 5.91 Å². The summed E-state index contributed by atoms with van der Waals surface area (Å²) in [5.74, 6) is 0.343. The monoisotopic (exact) mass is 184 g/mol. The molecule has 1 aliphatic heterocycles. The van der Waals surface area contributed by atoms with Crippen molar-refractivity contribution in [1.82, 2.24) is 10.2 Å². The number of amides is 1. The Kier molecular flexibility index (Phi) is 4.83. The highest BCUT2D eigenvalue weighted by Gasteiger charge is 2.15. The fourth-order valence-electron chi connectivity index (χ4n) is 1.72. The largest absolute Gasteiger partial charge is 0.343 e. The third-order valence-corrected chi connectivity index (χ3v) is 2.53. The Balaban J connectivity index is 2.13. The molecule has 0 aromatic carbocycles. The van der Waals surface area contributed by atoms with Gasteiger partial charge in [-0.3, -0.25) is 4.79 Å². The van der Waals surface area contributed by atoms with E-state index in [0.29, 0.717) is 12.3 Å². The molecule has 1 saturated heterocycles. The normalized spacial score (nSPS) is 17.5. The average Bonchev–Trinajstić information content (AvgIpc) is 2.19. The van der Waals surface area contributed by atoms with E-state index in [-0.39, 0.29) is 0 Å². The number of carbonyl (C=O) groups is 1. The molecule has 0 atom stereocenters. The first-order valence-corrected chi connectivity index (χ1v) is 5.27. The lowest BCUT2D eigenvalue weighted by Gasteiger charge is -2.26. The summed E-state index contributed by atoms with van der Waals surface area (Å²) in [6.45, 7) is 2.91. The lowest BCUT2D eigenvalue weighted by Crippen LogP contribution is -2.35. The molecule has 0 aliphatic carbocycles. The zero-order chi connectivity index (χ0) is 9.52. The van der Waals surface area contributed by atoms with Gasteiger partial charge in [-0.1, -0.05) is 0 Å². The summed E-state index contributed by atoms with van der Waals surface area (Å²) in [5, 5.41) is 3.06. The Hall–Kier alpha value is -0.570. The van der Waals surface area contributed by atoms with Crippen molar-refractivity contribution in [3.05, 3.63) is 0 Å². The summed E-state index contributed by atoms with van der Waals surface area (Å²) in [4.78, 5) is 13.6. The van der Waals surface area contributed by atoms with E-state index in [1.54, 1.807) is 0 Å². The van der Waals surface area contributed by atoms with Crippen LogP contribution >= 0.6 is 0 Å². The van der Waals surface area contributed by atoms with Crippen LogP contribution in [0.15, 0.2) is 0 Å². The summed E-state index contributed by atoms with van der Waals surface area (Å²) in [7, 11) is 1.92. The van der Waals surface area contributed by atoms with Gasteiger partial charge in [-0.05, 0) is 39.3 Å². The van der Waals surface area contributed by atoms with Crippen LogP contribution in [0.25, 0.3) is 0 Å². The predicted molar refractivity (Wildman–Crippen MR) is 53.6 cm³/mol. The van der Waals surface area contributed by atoms with E-state index in [9.17, 15) is 4.79 Å². The smallest absolute Gasteiger partial charge is 0.222 e. The SMILES string of the molecule is CNCCCC(=O)N1CCCCC1. The molecule has 0 spiro atoms. The van der Waals surface area contributed by atoms with E-state index in [1.165, 1.54) is 19.3 Å². The van der Waals surface area contributed by atoms with Crippen molar-refractivity contribution in [2.24, 2.45) is 0 Å². The molecule has 0 aromatic heterocycles. The summed E-state index contributed by atoms with van der Waals surface area (Å²) in [6.07, 6.45) is 5.35. The Morgan fingerprint density at radius 2 is 2.00 bits per heavy atom. The van der Waals surface area contributed by atoms with E-state index in [1.807, 2.05) is 11.9 Å². The molecule has 76 valence electrons. The van der Waals surface area contributed by atoms with Crippen LogP contribution in [0, 0.1) is 0 Å². The van der Waals surface area contributed by atoms with Gasteiger partial charge >= 0.3 is 0 Å². The Bertz CT molecular complexity index is 153. The minimum atomic E-state index is 0.343. The van der Waals surface area contributed by atoms with Gasteiger partial charge < -0.3 is 10.2 Å². The van der Waals surface area contributed by atoms with Crippen LogP contribution in [-0.2, 0) is 4.79 Å². The second kappa shape index (κ2) is 5.97. The molecular weight excluding hydrogens is 164 g/mol. The van der Waals surface area contributed by atoms with Crippen molar-refractivity contribution in [2.75, 3.05) is 26.7 Å². The number of nitrogens with zero attached hydrogens (tertiary/aromatic N) is 1. The number of piperidine rings is 1. The number of likely N-dealkylation sites (tertiary alicyclic amines) is 1. The number of hydrogen-bond donors (Lipinski definition) is 1. The van der Waals surface area contributed by atoms with E-state index >= 15 is 0 Å². The predicted octanol–water partition coefficient (Wildman–Crippen LogP) is 0.998. The highest BCUT2D eigenvalue weighted by Crippen LogP contribution is 2.10. The number of carbonyl (C=O) groups excluding carboxylic acids is 1. The van der Waals surface area contributed by atoms with Crippen LogP contribution in [0.2, 0.25) is 0 Å². The number of rotatable bonds is 4. The standard InChI is InChI=1S/C10H20N2O/c1-11-7-5-6-10(13)12-8-3-2-4-9-12/h11H,2-9H2,1H3. The summed E-state index contributed by atoms with van der Waals surface area (Å²) in [6, 6.07) is 0. The third-order valence-electron chi connectivity index (χ3n) is 2.53. The zero-order valence-electron chi connectivity index (χ0n) is 8.51. The van der Waals surface area contributed by atoms with Gasteiger partial charge in [0.25, 0.3) is 0 Å². The first-order valence-electron chi connectivity index (χ1n) is 5.27. The third kappa shape index (κ3) is 3.77. The molecule has 0 radical (unpaired) electrons. The Morgan fingerprint density at radius 1 is 1.31 bits per heavy atom. The van der Waals surface area contributed by atoms with Crippen molar-refractivity contribution in [3.8, 4) is 0 Å². The van der Waals surface area contributed by atoms with Crippen LogP contribution in [-0.4, -0.2) is 37.5 Å². The van der Waals surface area contributed by atoms with Crippen LogP contribution in [0.5, 0.6) is 0 Å². The molecule has 0 saturated carbocycles. The molecule has 1 N–H and O–H groups in total. The van der Waals surface area contributed by atoms with Gasteiger partial charge in [-0.25, -0.2) is 0 Å². The molecule has 1 fully saturated rings. The molecule has 1 rings (SSSR count). The molecule has 0 aromatic rings. The number of nitrogens with one attached hydrogen (secondary N) is 1. The topological polar surface area (TPSA) is 32.3 Å². The summed E-state index contributed by atoms with van der Waals surface area (Å²) in [5.41, 5.74) is 0. The summed E-state index contributed by atoms with van der Waals surface area (Å²) < 4.78 is 0. The molecule has 1 heterocycles. The van der Waals surface area contributed by atoms with Gasteiger partial charge in [-0.2, -0.15) is 0 Å². The van der Waals surface area contributed by atoms with Gasteiger partial charge in [0.1, 0.15) is 0 Å². The zero-order valence-corrected chi connectivity index (χ0v) is 8.51. The first kappa shape index (κ1) is 10.5. The van der Waals surface area contributed by atoms with Crippen molar-refractivity contribution in [1.29, 1.82) is 0 Å². The maximum absolute atomic E-state index is 11.6. The minimum absolute atomic E-state index is 0.343. The van der Waals surface area contributed by atoms with Crippen LogP contribution in [0.1, 0.15) is 32.1 Å². The molecule has 0 unspecified atom stereocenters. The van der Waals surface area contributed by atoms with Gasteiger partial charge in [0, 0.05) is 19.5 Å². The fourth-order valence-corrected chi connectivity index (χ4v) is 1.72. The average molecular weight is 184 g/mol. The van der Waals surface area contributed by atoms with Gasteiger partial charge in [0.15, 0.2) is 0 Å². The molecule has 3 heteroatoms. The van der Waals surface area contributed by atoms with Crippen LogP contribution in [0.3, 0.4) is 0 Å². The van der Waals surface area contributed by atoms with Crippen molar-refractivity contribution in [3.63, 3.8) is 0 Å². The Morgan fingerprint density at radius 3 is 2.62 bits per heavy atom. The lowest BCUT2D eigenvalue weighted by molar-refractivity contribution is -0.132. The molecule has 0 bridgehead atoms.